The lowest BCUT2D eigenvalue weighted by atomic mass is 9.85. The Balaban J connectivity index is 1.79. The second-order valence-electron chi connectivity index (χ2n) is 9.19. The van der Waals surface area contributed by atoms with E-state index < -0.39 is 11.6 Å². The number of carbonyl (C=O) groups is 2. The summed E-state index contributed by atoms with van der Waals surface area (Å²) in [5, 5.41) is 9.09. The summed E-state index contributed by atoms with van der Waals surface area (Å²) in [4.78, 5) is 23.5. The fourth-order valence-electron chi connectivity index (χ4n) is 4.10. The molecule has 0 aromatic heterocycles. The Bertz CT molecular complexity index is 517. The quantitative estimate of drug-likeness (QED) is 0.625. The number of carboxylic acids is 1. The van der Waals surface area contributed by atoms with Crippen LogP contribution in [0, 0.1) is 17.8 Å². The van der Waals surface area contributed by atoms with Crippen molar-refractivity contribution >= 4 is 11.8 Å². The van der Waals surface area contributed by atoms with Crippen LogP contribution < -0.4 is 0 Å². The third-order valence-electron chi connectivity index (χ3n) is 6.60. The maximum atomic E-state index is 12.4. The number of carbonyl (C=O) groups excluding carboxylic acids is 1. The van der Waals surface area contributed by atoms with Gasteiger partial charge in [-0.1, -0.05) is 27.7 Å². The lowest BCUT2D eigenvalue weighted by Crippen LogP contribution is -2.53. The molecule has 2 saturated heterocycles. The molecule has 0 aliphatic carbocycles. The predicted molar refractivity (Wildman–Crippen MR) is 100 cm³/mol. The molecule has 2 fully saturated rings. The van der Waals surface area contributed by atoms with E-state index in [-0.39, 0.29) is 24.0 Å². The van der Waals surface area contributed by atoms with Gasteiger partial charge in [0.15, 0.2) is 0 Å². The second kappa shape index (κ2) is 8.39. The molecule has 0 saturated carbocycles. The highest BCUT2D eigenvalue weighted by molar-refractivity contribution is 5.80. The van der Waals surface area contributed by atoms with E-state index in [0.29, 0.717) is 30.6 Å². The van der Waals surface area contributed by atoms with E-state index >= 15 is 0 Å². The number of aliphatic carboxylic acids is 1. The summed E-state index contributed by atoms with van der Waals surface area (Å²) in [5.41, 5.74) is -1.00. The molecule has 2 aliphatic rings. The molecule has 150 valence electrons. The van der Waals surface area contributed by atoms with Gasteiger partial charge in [-0.2, -0.15) is 0 Å². The number of Topliss-reactive ketones (excluding diaryl/α,β-unsaturated/α-hetero) is 1. The van der Waals surface area contributed by atoms with E-state index in [0.717, 1.165) is 32.1 Å². The van der Waals surface area contributed by atoms with Crippen LogP contribution in [0.4, 0.5) is 0 Å². The van der Waals surface area contributed by atoms with E-state index in [2.05, 4.69) is 27.7 Å². The normalized spacial score (nSPS) is 33.2. The molecule has 0 aromatic rings. The summed E-state index contributed by atoms with van der Waals surface area (Å²) in [6, 6.07) is 0. The number of hydrogen-bond donors (Lipinski definition) is 1. The summed E-state index contributed by atoms with van der Waals surface area (Å²) >= 11 is 0. The fraction of sp³-hybridized carbons (Fsp3) is 0.905. The Morgan fingerprint density at radius 1 is 1.23 bits per heavy atom. The zero-order chi connectivity index (χ0) is 19.5. The Kier molecular flexibility index (Phi) is 6.89. The number of fused-ring (bicyclic) bond motifs is 2. The molecule has 0 aromatic carbocycles. The zero-order valence-corrected chi connectivity index (χ0v) is 17.0. The van der Waals surface area contributed by atoms with Crippen LogP contribution in [0.5, 0.6) is 0 Å². The lowest BCUT2D eigenvalue weighted by molar-refractivity contribution is -0.242. The van der Waals surface area contributed by atoms with Gasteiger partial charge in [-0.15, -0.1) is 0 Å². The molecule has 0 amide bonds. The largest absolute Gasteiger partial charge is 0.481 e. The van der Waals surface area contributed by atoms with Gasteiger partial charge < -0.3 is 14.6 Å². The maximum absolute atomic E-state index is 12.4. The van der Waals surface area contributed by atoms with Gasteiger partial charge in [-0.3, -0.25) is 9.59 Å². The van der Waals surface area contributed by atoms with Crippen molar-refractivity contribution in [1.82, 2.24) is 0 Å². The van der Waals surface area contributed by atoms with Crippen LogP contribution in [0.15, 0.2) is 0 Å². The summed E-state index contributed by atoms with van der Waals surface area (Å²) in [5.74, 6) is 0.572. The van der Waals surface area contributed by atoms with Crippen LogP contribution in [0.3, 0.4) is 0 Å². The summed E-state index contributed by atoms with van der Waals surface area (Å²) in [6.07, 6.45) is 4.88. The summed E-state index contributed by atoms with van der Waals surface area (Å²) < 4.78 is 12.2. The minimum atomic E-state index is -0.833. The van der Waals surface area contributed by atoms with Crippen molar-refractivity contribution in [2.45, 2.75) is 96.9 Å². The van der Waals surface area contributed by atoms with Crippen LogP contribution >= 0.6 is 0 Å². The molecule has 5 nitrogen and oxygen atoms in total. The highest BCUT2D eigenvalue weighted by atomic mass is 16.6. The highest BCUT2D eigenvalue weighted by Gasteiger charge is 2.54. The smallest absolute Gasteiger partial charge is 0.306 e. The van der Waals surface area contributed by atoms with E-state index in [1.807, 2.05) is 6.92 Å². The van der Waals surface area contributed by atoms with Crippen molar-refractivity contribution in [1.29, 1.82) is 0 Å². The fourth-order valence-corrected chi connectivity index (χ4v) is 4.10. The van der Waals surface area contributed by atoms with Gasteiger partial charge in [-0.25, -0.2) is 0 Å². The Hall–Kier alpha value is -0.940. The molecule has 0 spiro atoms. The topological polar surface area (TPSA) is 72.8 Å². The molecule has 2 aliphatic heterocycles. The lowest BCUT2D eigenvalue weighted by Gasteiger charge is -2.44. The standard InChI is InChI=1S/C21H36O5/c1-14(2)16(4)11-17(22)15(3)7-6-9-20(5)18-8-10-21(26-18,13-25-20)12-19(23)24/h14-16,18H,6-13H2,1-5H3,(H,23,24)/t15?,16?,18-,20+,21-/m1/s1. The van der Waals surface area contributed by atoms with Crippen LogP contribution in [-0.4, -0.2) is 40.8 Å². The third kappa shape index (κ3) is 5.07. The average molecular weight is 369 g/mol. The number of ketones is 1. The first kappa shape index (κ1) is 21.4. The zero-order valence-electron chi connectivity index (χ0n) is 17.0. The first-order valence-electron chi connectivity index (χ1n) is 10.1. The Labute approximate surface area is 157 Å². The van der Waals surface area contributed by atoms with Gasteiger partial charge in [0.25, 0.3) is 0 Å². The molecule has 1 N–H and O–H groups in total. The molecule has 2 unspecified atom stereocenters. The molecule has 2 heterocycles. The van der Waals surface area contributed by atoms with Gasteiger partial charge >= 0.3 is 5.97 Å². The maximum Gasteiger partial charge on any atom is 0.306 e. The van der Waals surface area contributed by atoms with Crippen LogP contribution in [0.1, 0.15) is 79.6 Å². The Morgan fingerprint density at radius 2 is 1.92 bits per heavy atom. The van der Waals surface area contributed by atoms with E-state index in [1.54, 1.807) is 0 Å². The summed E-state index contributed by atoms with van der Waals surface area (Å²) in [6.45, 7) is 10.9. The van der Waals surface area contributed by atoms with Crippen molar-refractivity contribution in [3.8, 4) is 0 Å². The highest BCUT2D eigenvalue weighted by Crippen LogP contribution is 2.46. The second-order valence-corrected chi connectivity index (χ2v) is 9.19. The number of hydrogen-bond acceptors (Lipinski definition) is 4. The van der Waals surface area contributed by atoms with Gasteiger partial charge in [-0.05, 0) is 50.9 Å². The Morgan fingerprint density at radius 3 is 2.54 bits per heavy atom. The van der Waals surface area contributed by atoms with Crippen LogP contribution in [0.2, 0.25) is 0 Å². The first-order valence-corrected chi connectivity index (χ1v) is 10.1. The molecular formula is C21H36O5. The number of ether oxygens (including phenoxy) is 2. The average Bonchev–Trinajstić information content (AvgIpc) is 2.91. The van der Waals surface area contributed by atoms with Crippen LogP contribution in [-0.2, 0) is 19.1 Å². The van der Waals surface area contributed by atoms with Gasteiger partial charge in [0.05, 0.1) is 24.7 Å². The van der Waals surface area contributed by atoms with Gasteiger partial charge in [0, 0.05) is 12.3 Å². The van der Waals surface area contributed by atoms with Gasteiger partial charge in [0.1, 0.15) is 11.4 Å². The molecular weight excluding hydrogens is 332 g/mol. The van der Waals surface area contributed by atoms with E-state index in [4.69, 9.17) is 14.6 Å². The number of rotatable bonds is 10. The van der Waals surface area contributed by atoms with Crippen molar-refractivity contribution in [2.24, 2.45) is 17.8 Å². The predicted octanol–water partition coefficient (Wildman–Crippen LogP) is 4.23. The molecule has 5 atom stereocenters. The minimum Gasteiger partial charge on any atom is -0.481 e. The third-order valence-corrected chi connectivity index (χ3v) is 6.60. The van der Waals surface area contributed by atoms with Crippen molar-refractivity contribution < 1.29 is 24.2 Å². The molecule has 5 heteroatoms. The minimum absolute atomic E-state index is 0.0130. The monoisotopic (exact) mass is 368 g/mol. The summed E-state index contributed by atoms with van der Waals surface area (Å²) in [7, 11) is 0. The molecule has 2 bridgehead atoms. The van der Waals surface area contributed by atoms with E-state index in [9.17, 15) is 9.59 Å². The van der Waals surface area contributed by atoms with E-state index in [1.165, 1.54) is 0 Å². The number of carboxylic acid groups (broad SMARTS) is 1. The molecule has 0 radical (unpaired) electrons. The van der Waals surface area contributed by atoms with Crippen molar-refractivity contribution in [2.75, 3.05) is 6.61 Å². The SMILES string of the molecule is CC(CCC[C@]1(C)OC[C@]2(CC(=O)O)CC[C@H]1O2)C(=O)CC(C)C(C)C. The first-order chi connectivity index (χ1) is 12.1. The van der Waals surface area contributed by atoms with Crippen molar-refractivity contribution in [3.63, 3.8) is 0 Å². The van der Waals surface area contributed by atoms with Gasteiger partial charge in [0.2, 0.25) is 0 Å². The molecule has 26 heavy (non-hydrogen) atoms. The van der Waals surface area contributed by atoms with Crippen LogP contribution in [0.25, 0.3) is 0 Å². The van der Waals surface area contributed by atoms with Crippen molar-refractivity contribution in [3.05, 3.63) is 0 Å². The molecule has 2 rings (SSSR count).